The monoisotopic (exact) mass is 376 g/mol. The van der Waals surface area contributed by atoms with E-state index >= 15 is 0 Å². The topological polar surface area (TPSA) is 46.5 Å². The molecule has 1 N–H and O–H groups in total. The number of hydrogen-bond donors (Lipinski definition) is 1. The standard InChI is InChI=1S/C19H21BrO3/c1-2-3-11-23-18-10-9-14(13-17(18)20)12-16(19(21)22)15-7-5-4-6-8-15/h4-10,13,16H,2-3,11-12H2,1H3,(H,21,22). The minimum Gasteiger partial charge on any atom is -0.492 e. The summed E-state index contributed by atoms with van der Waals surface area (Å²) in [5.41, 5.74) is 1.79. The number of carboxylic acids is 1. The number of aliphatic carboxylic acids is 1. The van der Waals surface area contributed by atoms with Gasteiger partial charge in [-0.1, -0.05) is 49.7 Å². The van der Waals surface area contributed by atoms with Crippen molar-refractivity contribution < 1.29 is 14.6 Å². The van der Waals surface area contributed by atoms with Crippen LogP contribution < -0.4 is 4.74 Å². The summed E-state index contributed by atoms with van der Waals surface area (Å²) in [4.78, 5) is 11.6. The molecular weight excluding hydrogens is 356 g/mol. The van der Waals surface area contributed by atoms with E-state index in [0.29, 0.717) is 13.0 Å². The SMILES string of the molecule is CCCCOc1ccc(CC(C(=O)O)c2ccccc2)cc1Br. The Morgan fingerprint density at radius 2 is 1.96 bits per heavy atom. The molecule has 3 nitrogen and oxygen atoms in total. The zero-order valence-corrected chi connectivity index (χ0v) is 14.8. The van der Waals surface area contributed by atoms with Gasteiger partial charge in [0.15, 0.2) is 0 Å². The normalized spacial score (nSPS) is 11.9. The lowest BCUT2D eigenvalue weighted by Gasteiger charge is -2.14. The summed E-state index contributed by atoms with van der Waals surface area (Å²) < 4.78 is 6.57. The number of unbranched alkanes of at least 4 members (excludes halogenated alkanes) is 1. The van der Waals surface area contributed by atoms with E-state index in [9.17, 15) is 9.90 Å². The van der Waals surface area contributed by atoms with Crippen LogP contribution >= 0.6 is 15.9 Å². The van der Waals surface area contributed by atoms with E-state index in [1.54, 1.807) is 0 Å². The van der Waals surface area contributed by atoms with Gasteiger partial charge in [-0.05, 0) is 52.0 Å². The molecule has 2 aromatic rings. The van der Waals surface area contributed by atoms with E-state index in [4.69, 9.17) is 4.74 Å². The molecule has 0 amide bonds. The maximum absolute atomic E-state index is 11.6. The average Bonchev–Trinajstić information content (AvgIpc) is 2.55. The summed E-state index contributed by atoms with van der Waals surface area (Å²) in [5.74, 6) is -0.556. The zero-order chi connectivity index (χ0) is 16.7. The molecule has 0 bridgehead atoms. The second-order valence-electron chi connectivity index (χ2n) is 5.47. The first kappa shape index (κ1) is 17.5. The van der Waals surface area contributed by atoms with Gasteiger partial charge in [0.25, 0.3) is 0 Å². The first-order valence-electron chi connectivity index (χ1n) is 7.80. The van der Waals surface area contributed by atoms with Crippen LogP contribution in [0.15, 0.2) is 53.0 Å². The summed E-state index contributed by atoms with van der Waals surface area (Å²) in [5, 5.41) is 9.52. The summed E-state index contributed by atoms with van der Waals surface area (Å²) in [7, 11) is 0. The second kappa shape index (κ2) is 8.73. The summed E-state index contributed by atoms with van der Waals surface area (Å²) in [6, 6.07) is 15.1. The highest BCUT2D eigenvalue weighted by atomic mass is 79.9. The molecular formula is C19H21BrO3. The summed E-state index contributed by atoms with van der Waals surface area (Å²) in [6.45, 7) is 2.81. The molecule has 2 rings (SSSR count). The number of carboxylic acid groups (broad SMARTS) is 1. The number of hydrogen-bond acceptors (Lipinski definition) is 2. The first-order valence-corrected chi connectivity index (χ1v) is 8.60. The fourth-order valence-corrected chi connectivity index (χ4v) is 2.92. The molecule has 0 aromatic heterocycles. The molecule has 0 saturated carbocycles. The molecule has 0 aliphatic carbocycles. The maximum atomic E-state index is 11.6. The van der Waals surface area contributed by atoms with Gasteiger partial charge in [0.05, 0.1) is 17.0 Å². The fourth-order valence-electron chi connectivity index (χ4n) is 2.38. The van der Waals surface area contributed by atoms with E-state index in [1.807, 2.05) is 48.5 Å². The Morgan fingerprint density at radius 3 is 2.57 bits per heavy atom. The van der Waals surface area contributed by atoms with Gasteiger partial charge in [0.1, 0.15) is 5.75 Å². The largest absolute Gasteiger partial charge is 0.492 e. The van der Waals surface area contributed by atoms with Gasteiger partial charge >= 0.3 is 5.97 Å². The van der Waals surface area contributed by atoms with Crippen LogP contribution in [0.2, 0.25) is 0 Å². The molecule has 0 aliphatic rings. The number of benzene rings is 2. The molecule has 1 unspecified atom stereocenters. The second-order valence-corrected chi connectivity index (χ2v) is 6.33. The van der Waals surface area contributed by atoms with E-state index in [1.165, 1.54) is 0 Å². The lowest BCUT2D eigenvalue weighted by atomic mass is 9.92. The smallest absolute Gasteiger partial charge is 0.311 e. The van der Waals surface area contributed by atoms with Crippen LogP contribution in [0.5, 0.6) is 5.75 Å². The van der Waals surface area contributed by atoms with E-state index in [2.05, 4.69) is 22.9 Å². The number of halogens is 1. The van der Waals surface area contributed by atoms with E-state index in [0.717, 1.165) is 34.2 Å². The molecule has 1 atom stereocenters. The molecule has 0 heterocycles. The molecule has 0 saturated heterocycles. The third-order valence-corrected chi connectivity index (χ3v) is 4.31. The Hall–Kier alpha value is -1.81. The van der Waals surface area contributed by atoms with Crippen molar-refractivity contribution in [3.05, 3.63) is 64.1 Å². The molecule has 23 heavy (non-hydrogen) atoms. The molecule has 0 fully saturated rings. The Morgan fingerprint density at radius 1 is 1.22 bits per heavy atom. The Bertz CT molecular complexity index is 640. The molecule has 0 aliphatic heterocycles. The zero-order valence-electron chi connectivity index (χ0n) is 13.2. The Labute approximate surface area is 145 Å². The third-order valence-electron chi connectivity index (χ3n) is 3.69. The van der Waals surface area contributed by atoms with Crippen molar-refractivity contribution in [3.63, 3.8) is 0 Å². The molecule has 0 radical (unpaired) electrons. The molecule has 122 valence electrons. The summed E-state index contributed by atoms with van der Waals surface area (Å²) in [6.07, 6.45) is 2.56. The molecule has 4 heteroatoms. The fraction of sp³-hybridized carbons (Fsp3) is 0.316. The highest BCUT2D eigenvalue weighted by molar-refractivity contribution is 9.10. The van der Waals surface area contributed by atoms with Gasteiger partial charge in [-0.15, -0.1) is 0 Å². The van der Waals surface area contributed by atoms with Crippen molar-refractivity contribution >= 4 is 21.9 Å². The number of carbonyl (C=O) groups is 1. The molecule has 0 spiro atoms. The van der Waals surface area contributed by atoms with Crippen LogP contribution in [-0.2, 0) is 11.2 Å². The van der Waals surface area contributed by atoms with Gasteiger partial charge in [-0.25, -0.2) is 0 Å². The maximum Gasteiger partial charge on any atom is 0.311 e. The van der Waals surface area contributed by atoms with Crippen molar-refractivity contribution in [2.45, 2.75) is 32.1 Å². The lowest BCUT2D eigenvalue weighted by molar-refractivity contribution is -0.138. The van der Waals surface area contributed by atoms with Crippen LogP contribution in [0, 0.1) is 0 Å². The van der Waals surface area contributed by atoms with Gasteiger partial charge < -0.3 is 9.84 Å². The predicted molar refractivity (Wildman–Crippen MR) is 95.1 cm³/mol. The van der Waals surface area contributed by atoms with Crippen molar-refractivity contribution in [2.24, 2.45) is 0 Å². The van der Waals surface area contributed by atoms with Crippen molar-refractivity contribution in [1.29, 1.82) is 0 Å². The Balaban J connectivity index is 2.12. The minimum absolute atomic E-state index is 0.452. The Kier molecular flexibility index (Phi) is 6.66. The van der Waals surface area contributed by atoms with Crippen molar-refractivity contribution in [3.8, 4) is 5.75 Å². The predicted octanol–water partition coefficient (Wildman–Crippen LogP) is 5.04. The van der Waals surface area contributed by atoms with Crippen molar-refractivity contribution in [1.82, 2.24) is 0 Å². The van der Waals surface area contributed by atoms with Crippen LogP contribution in [0.3, 0.4) is 0 Å². The highest BCUT2D eigenvalue weighted by Gasteiger charge is 2.20. The highest BCUT2D eigenvalue weighted by Crippen LogP contribution is 2.29. The minimum atomic E-state index is -0.810. The van der Waals surface area contributed by atoms with Crippen LogP contribution in [0.1, 0.15) is 36.8 Å². The lowest BCUT2D eigenvalue weighted by Crippen LogP contribution is -2.14. The van der Waals surface area contributed by atoms with Gasteiger partial charge in [0.2, 0.25) is 0 Å². The number of ether oxygens (including phenoxy) is 1. The van der Waals surface area contributed by atoms with Crippen LogP contribution in [-0.4, -0.2) is 17.7 Å². The quantitative estimate of drug-likeness (QED) is 0.656. The average molecular weight is 377 g/mol. The first-order chi connectivity index (χ1) is 11.1. The van der Waals surface area contributed by atoms with Crippen LogP contribution in [0.25, 0.3) is 0 Å². The number of rotatable bonds is 8. The third kappa shape index (κ3) is 5.10. The van der Waals surface area contributed by atoms with E-state index in [-0.39, 0.29) is 0 Å². The van der Waals surface area contributed by atoms with Crippen molar-refractivity contribution in [2.75, 3.05) is 6.61 Å². The molecule has 2 aromatic carbocycles. The van der Waals surface area contributed by atoms with E-state index < -0.39 is 11.9 Å². The summed E-state index contributed by atoms with van der Waals surface area (Å²) >= 11 is 3.51. The van der Waals surface area contributed by atoms with Gasteiger partial charge in [0, 0.05) is 0 Å². The van der Waals surface area contributed by atoms with Gasteiger partial charge in [-0.3, -0.25) is 4.79 Å². The van der Waals surface area contributed by atoms with Crippen LogP contribution in [0.4, 0.5) is 0 Å². The van der Waals surface area contributed by atoms with Gasteiger partial charge in [-0.2, -0.15) is 0 Å².